The third-order valence-electron chi connectivity index (χ3n) is 5.26. The van der Waals surface area contributed by atoms with Gasteiger partial charge in [-0.25, -0.2) is 4.68 Å². The van der Waals surface area contributed by atoms with Crippen LogP contribution < -0.4 is 5.32 Å². The molecule has 0 aromatic carbocycles. The third-order valence-corrected chi connectivity index (χ3v) is 5.26. The second-order valence-electron chi connectivity index (χ2n) is 6.84. The minimum absolute atomic E-state index is 0.0334. The number of amides is 1. The standard InChI is InChI=1S/C15H20N4O3/c1-8-10-4-9(15(10,2)3)5-11(8)16-14(22)12-6-19(18-17-12)7-13(20)21/h6,9-11H,1,4-5,7H2,2-3H3,(H,16,22)(H,20,21)/t9-,10+,11?/m1/s1. The summed E-state index contributed by atoms with van der Waals surface area (Å²) in [6.45, 7) is 8.37. The molecule has 1 unspecified atom stereocenters. The first-order valence-corrected chi connectivity index (χ1v) is 7.40. The fourth-order valence-electron chi connectivity index (χ4n) is 3.73. The van der Waals surface area contributed by atoms with E-state index in [0.29, 0.717) is 11.8 Å². The number of aromatic nitrogens is 3. The normalized spacial score (nSPS) is 28.8. The van der Waals surface area contributed by atoms with E-state index in [0.717, 1.165) is 23.1 Å². The molecule has 1 aromatic heterocycles. The molecular weight excluding hydrogens is 284 g/mol. The van der Waals surface area contributed by atoms with Crippen LogP contribution >= 0.6 is 0 Å². The lowest BCUT2D eigenvalue weighted by molar-refractivity contribution is -0.137. The summed E-state index contributed by atoms with van der Waals surface area (Å²) in [4.78, 5) is 22.8. The summed E-state index contributed by atoms with van der Waals surface area (Å²) in [6.07, 6.45) is 3.41. The van der Waals surface area contributed by atoms with Crippen molar-refractivity contribution in [2.45, 2.75) is 39.3 Å². The van der Waals surface area contributed by atoms with Gasteiger partial charge in [-0.2, -0.15) is 0 Å². The number of carbonyl (C=O) groups excluding carboxylic acids is 1. The monoisotopic (exact) mass is 304 g/mol. The van der Waals surface area contributed by atoms with E-state index >= 15 is 0 Å². The topological polar surface area (TPSA) is 97.1 Å². The number of fused-ring (bicyclic) bond motifs is 2. The number of hydrogen-bond acceptors (Lipinski definition) is 4. The van der Waals surface area contributed by atoms with Crippen molar-refractivity contribution in [3.8, 4) is 0 Å². The molecule has 22 heavy (non-hydrogen) atoms. The highest BCUT2D eigenvalue weighted by atomic mass is 16.4. The van der Waals surface area contributed by atoms with Crippen molar-refractivity contribution < 1.29 is 14.7 Å². The van der Waals surface area contributed by atoms with E-state index in [4.69, 9.17) is 5.11 Å². The number of carboxylic acids is 1. The Morgan fingerprint density at radius 3 is 2.82 bits per heavy atom. The fourth-order valence-corrected chi connectivity index (χ4v) is 3.73. The van der Waals surface area contributed by atoms with Crippen molar-refractivity contribution in [1.82, 2.24) is 20.3 Å². The number of carbonyl (C=O) groups is 2. The average Bonchev–Trinajstić information content (AvgIpc) is 2.88. The molecule has 4 rings (SSSR count). The number of rotatable bonds is 4. The van der Waals surface area contributed by atoms with Crippen LogP contribution in [0.2, 0.25) is 0 Å². The molecule has 1 heterocycles. The predicted octanol–water partition coefficient (Wildman–Crippen LogP) is 1.08. The highest BCUT2D eigenvalue weighted by molar-refractivity contribution is 5.92. The predicted molar refractivity (Wildman–Crippen MR) is 78.0 cm³/mol. The van der Waals surface area contributed by atoms with Crippen molar-refractivity contribution in [2.75, 3.05) is 0 Å². The molecule has 1 amide bonds. The molecule has 3 aliphatic rings. The van der Waals surface area contributed by atoms with Crippen LogP contribution in [-0.2, 0) is 11.3 Å². The molecule has 0 saturated heterocycles. The Morgan fingerprint density at radius 1 is 1.50 bits per heavy atom. The summed E-state index contributed by atoms with van der Waals surface area (Å²) >= 11 is 0. The molecule has 0 aliphatic heterocycles. The number of nitrogens with zero attached hydrogens (tertiary/aromatic N) is 3. The summed E-state index contributed by atoms with van der Waals surface area (Å²) in [5, 5.41) is 19.0. The molecule has 2 bridgehead atoms. The maximum absolute atomic E-state index is 12.2. The molecule has 2 N–H and O–H groups in total. The smallest absolute Gasteiger partial charge is 0.325 e. The Balaban J connectivity index is 1.64. The highest BCUT2D eigenvalue weighted by Crippen LogP contribution is 2.60. The minimum Gasteiger partial charge on any atom is -0.480 e. The Morgan fingerprint density at radius 2 is 2.23 bits per heavy atom. The van der Waals surface area contributed by atoms with E-state index in [2.05, 4.69) is 36.1 Å². The van der Waals surface area contributed by atoms with E-state index in [9.17, 15) is 9.59 Å². The zero-order chi connectivity index (χ0) is 16.1. The van der Waals surface area contributed by atoms with Gasteiger partial charge in [-0.15, -0.1) is 5.10 Å². The number of aliphatic carboxylic acids is 1. The maximum atomic E-state index is 12.2. The molecule has 118 valence electrons. The average molecular weight is 304 g/mol. The largest absolute Gasteiger partial charge is 0.480 e. The summed E-state index contributed by atoms with van der Waals surface area (Å²) in [6, 6.07) is -0.0334. The number of carboxylic acid groups (broad SMARTS) is 1. The first-order valence-electron chi connectivity index (χ1n) is 7.40. The van der Waals surface area contributed by atoms with Gasteiger partial charge in [0.1, 0.15) is 6.54 Å². The van der Waals surface area contributed by atoms with E-state index < -0.39 is 5.97 Å². The SMILES string of the molecule is C=C1C(NC(=O)c2cn(CC(=O)O)nn2)C[C@H]2C[C@@H]1C2(C)C. The van der Waals surface area contributed by atoms with Crippen LogP contribution in [0.15, 0.2) is 18.3 Å². The zero-order valence-electron chi connectivity index (χ0n) is 12.7. The van der Waals surface area contributed by atoms with Gasteiger partial charge < -0.3 is 10.4 Å². The highest BCUT2D eigenvalue weighted by Gasteiger charge is 2.54. The third kappa shape index (κ3) is 2.30. The second kappa shape index (κ2) is 4.93. The number of hydrogen-bond donors (Lipinski definition) is 2. The molecule has 3 aliphatic carbocycles. The molecule has 3 fully saturated rings. The van der Waals surface area contributed by atoms with E-state index in [-0.39, 0.29) is 29.6 Å². The maximum Gasteiger partial charge on any atom is 0.325 e. The Bertz CT molecular complexity index is 649. The Hall–Kier alpha value is -2.18. The first kappa shape index (κ1) is 14.7. The van der Waals surface area contributed by atoms with Crippen LogP contribution in [0.3, 0.4) is 0 Å². The lowest BCUT2D eigenvalue weighted by atomic mass is 9.46. The van der Waals surface area contributed by atoms with Gasteiger partial charge >= 0.3 is 5.97 Å². The summed E-state index contributed by atoms with van der Waals surface area (Å²) < 4.78 is 1.13. The van der Waals surface area contributed by atoms with Gasteiger partial charge in [-0.1, -0.05) is 31.2 Å². The van der Waals surface area contributed by atoms with Crippen molar-refractivity contribution in [3.05, 3.63) is 24.0 Å². The van der Waals surface area contributed by atoms with Crippen LogP contribution in [0.1, 0.15) is 37.2 Å². The summed E-state index contributed by atoms with van der Waals surface area (Å²) in [5.41, 5.74) is 1.49. The van der Waals surface area contributed by atoms with Crippen LogP contribution in [0.5, 0.6) is 0 Å². The van der Waals surface area contributed by atoms with Crippen LogP contribution in [0, 0.1) is 17.3 Å². The second-order valence-corrected chi connectivity index (χ2v) is 6.84. The number of nitrogens with one attached hydrogen (secondary N) is 1. The molecule has 0 spiro atoms. The molecule has 7 heteroatoms. The van der Waals surface area contributed by atoms with Gasteiger partial charge in [0.05, 0.1) is 12.2 Å². The van der Waals surface area contributed by atoms with Gasteiger partial charge in [-0.05, 0) is 30.1 Å². The minimum atomic E-state index is -1.03. The summed E-state index contributed by atoms with van der Waals surface area (Å²) in [7, 11) is 0. The Kier molecular flexibility index (Phi) is 3.30. The molecule has 1 aromatic rings. The quantitative estimate of drug-likeness (QED) is 0.811. The molecule has 7 nitrogen and oxygen atoms in total. The molecule has 3 atom stereocenters. The molecule has 3 saturated carbocycles. The summed E-state index contributed by atoms with van der Waals surface area (Å²) in [5.74, 6) is -0.294. The molecule has 0 radical (unpaired) electrons. The van der Waals surface area contributed by atoms with E-state index in [1.165, 1.54) is 6.20 Å². The van der Waals surface area contributed by atoms with E-state index in [1.807, 2.05) is 0 Å². The van der Waals surface area contributed by atoms with Gasteiger partial charge in [0.15, 0.2) is 5.69 Å². The van der Waals surface area contributed by atoms with Crippen LogP contribution in [0.25, 0.3) is 0 Å². The van der Waals surface area contributed by atoms with Gasteiger partial charge in [0.2, 0.25) is 0 Å². The van der Waals surface area contributed by atoms with Crippen molar-refractivity contribution in [2.24, 2.45) is 17.3 Å². The van der Waals surface area contributed by atoms with E-state index in [1.54, 1.807) is 0 Å². The van der Waals surface area contributed by atoms with Crippen molar-refractivity contribution in [1.29, 1.82) is 0 Å². The first-order chi connectivity index (χ1) is 10.3. The van der Waals surface area contributed by atoms with Crippen LogP contribution in [0.4, 0.5) is 0 Å². The zero-order valence-corrected chi connectivity index (χ0v) is 12.7. The van der Waals surface area contributed by atoms with Crippen molar-refractivity contribution in [3.63, 3.8) is 0 Å². The van der Waals surface area contributed by atoms with Gasteiger partial charge in [0.25, 0.3) is 5.91 Å². The lowest BCUT2D eigenvalue weighted by Gasteiger charge is -2.59. The van der Waals surface area contributed by atoms with Gasteiger partial charge in [-0.3, -0.25) is 9.59 Å². The molecular formula is C15H20N4O3. The fraction of sp³-hybridized carbons (Fsp3) is 0.600. The lowest BCUT2D eigenvalue weighted by Crippen LogP contribution is -2.57. The van der Waals surface area contributed by atoms with Crippen LogP contribution in [-0.4, -0.2) is 38.0 Å². The Labute approximate surface area is 128 Å². The van der Waals surface area contributed by atoms with Crippen molar-refractivity contribution >= 4 is 11.9 Å². The van der Waals surface area contributed by atoms with Gasteiger partial charge in [0, 0.05) is 0 Å².